The van der Waals surface area contributed by atoms with Crippen molar-refractivity contribution in [3.63, 3.8) is 0 Å². The summed E-state index contributed by atoms with van der Waals surface area (Å²) in [5.41, 5.74) is 0.847. The fraction of sp³-hybridized carbons (Fsp3) is 0.273. The van der Waals surface area contributed by atoms with Crippen LogP contribution in [0.4, 0.5) is 11.5 Å². The van der Waals surface area contributed by atoms with E-state index in [0.29, 0.717) is 12.4 Å². The van der Waals surface area contributed by atoms with Gasteiger partial charge in [0.25, 0.3) is 0 Å². The van der Waals surface area contributed by atoms with Crippen molar-refractivity contribution in [2.45, 2.75) is 13.8 Å². The van der Waals surface area contributed by atoms with Crippen LogP contribution >= 0.6 is 0 Å². The molecular formula is C11H13N5O2. The lowest BCUT2D eigenvalue weighted by Gasteiger charge is -2.06. The molecule has 0 aliphatic carbocycles. The van der Waals surface area contributed by atoms with Crippen LogP contribution in [0.2, 0.25) is 0 Å². The minimum absolute atomic E-state index is 0.0697. The first-order valence-corrected chi connectivity index (χ1v) is 5.52. The van der Waals surface area contributed by atoms with E-state index in [1.54, 1.807) is 18.5 Å². The van der Waals surface area contributed by atoms with Gasteiger partial charge in [-0.3, -0.25) is 10.1 Å². The Balaban J connectivity index is 2.53. The topological polar surface area (TPSA) is 85.9 Å². The molecule has 2 heterocycles. The zero-order chi connectivity index (χ0) is 13.1. The Morgan fingerprint density at radius 2 is 2.28 bits per heavy atom. The van der Waals surface area contributed by atoms with Crippen LogP contribution in [0.5, 0.6) is 0 Å². The van der Waals surface area contributed by atoms with E-state index < -0.39 is 4.92 Å². The number of nitrogens with zero attached hydrogens (tertiary/aromatic N) is 4. The molecule has 7 nitrogen and oxygen atoms in total. The summed E-state index contributed by atoms with van der Waals surface area (Å²) in [6, 6.07) is 3.01. The number of aromatic nitrogens is 3. The number of nitrogens with one attached hydrogen (secondary N) is 1. The van der Waals surface area contributed by atoms with Crippen molar-refractivity contribution in [3.05, 3.63) is 40.2 Å². The van der Waals surface area contributed by atoms with Gasteiger partial charge in [0.05, 0.1) is 11.1 Å². The fourth-order valence-electron chi connectivity index (χ4n) is 1.56. The lowest BCUT2D eigenvalue weighted by atomic mass is 10.3. The molecular weight excluding hydrogens is 234 g/mol. The molecule has 0 aliphatic heterocycles. The van der Waals surface area contributed by atoms with E-state index in [-0.39, 0.29) is 11.5 Å². The molecule has 2 aromatic rings. The molecule has 0 amide bonds. The van der Waals surface area contributed by atoms with Crippen LogP contribution < -0.4 is 5.32 Å². The SMILES string of the molecule is CCNc1ccc([N+](=O)[O-])c(-n2cc(C)cn2)n1. The number of pyridine rings is 1. The van der Waals surface area contributed by atoms with Crippen LogP contribution in [0.3, 0.4) is 0 Å². The van der Waals surface area contributed by atoms with Gasteiger partial charge in [0.2, 0.25) is 5.82 Å². The van der Waals surface area contributed by atoms with Crippen molar-refractivity contribution in [1.82, 2.24) is 14.8 Å². The van der Waals surface area contributed by atoms with Gasteiger partial charge < -0.3 is 5.32 Å². The average molecular weight is 247 g/mol. The van der Waals surface area contributed by atoms with Crippen molar-refractivity contribution in [2.75, 3.05) is 11.9 Å². The third-order valence-electron chi connectivity index (χ3n) is 2.34. The minimum Gasteiger partial charge on any atom is -0.370 e. The monoisotopic (exact) mass is 247 g/mol. The van der Waals surface area contributed by atoms with Gasteiger partial charge in [0, 0.05) is 18.8 Å². The number of hydrogen-bond acceptors (Lipinski definition) is 5. The van der Waals surface area contributed by atoms with Crippen LogP contribution in [0.1, 0.15) is 12.5 Å². The zero-order valence-corrected chi connectivity index (χ0v) is 10.1. The van der Waals surface area contributed by atoms with E-state index in [4.69, 9.17) is 0 Å². The third-order valence-corrected chi connectivity index (χ3v) is 2.34. The van der Waals surface area contributed by atoms with Gasteiger partial charge in [-0.2, -0.15) is 5.10 Å². The lowest BCUT2D eigenvalue weighted by Crippen LogP contribution is -2.07. The number of hydrogen-bond donors (Lipinski definition) is 1. The molecule has 0 radical (unpaired) electrons. The summed E-state index contributed by atoms with van der Waals surface area (Å²) < 4.78 is 1.41. The van der Waals surface area contributed by atoms with Gasteiger partial charge in [-0.05, 0) is 25.5 Å². The highest BCUT2D eigenvalue weighted by atomic mass is 16.6. The Morgan fingerprint density at radius 3 is 2.83 bits per heavy atom. The molecule has 2 aromatic heterocycles. The maximum atomic E-state index is 11.0. The van der Waals surface area contributed by atoms with Gasteiger partial charge in [0.1, 0.15) is 5.82 Å². The molecule has 0 atom stereocenters. The minimum atomic E-state index is -0.463. The molecule has 0 saturated carbocycles. The molecule has 0 unspecified atom stereocenters. The van der Waals surface area contributed by atoms with Gasteiger partial charge in [0.15, 0.2) is 0 Å². The lowest BCUT2D eigenvalue weighted by molar-refractivity contribution is -0.384. The highest BCUT2D eigenvalue weighted by Gasteiger charge is 2.18. The second kappa shape index (κ2) is 4.82. The van der Waals surface area contributed by atoms with E-state index in [0.717, 1.165) is 5.56 Å². The predicted molar refractivity (Wildman–Crippen MR) is 66.9 cm³/mol. The summed E-state index contributed by atoms with van der Waals surface area (Å²) in [6.45, 7) is 4.49. The second-order valence-corrected chi connectivity index (χ2v) is 3.79. The first kappa shape index (κ1) is 12.0. The first-order valence-electron chi connectivity index (χ1n) is 5.52. The van der Waals surface area contributed by atoms with E-state index >= 15 is 0 Å². The maximum Gasteiger partial charge on any atom is 0.313 e. The molecule has 1 N–H and O–H groups in total. The number of nitro groups is 1. The van der Waals surface area contributed by atoms with E-state index in [2.05, 4.69) is 15.4 Å². The van der Waals surface area contributed by atoms with Crippen molar-refractivity contribution in [3.8, 4) is 5.82 Å². The molecule has 0 aliphatic rings. The Kier molecular flexibility index (Phi) is 3.22. The maximum absolute atomic E-state index is 11.0. The van der Waals surface area contributed by atoms with Crippen LogP contribution in [0.25, 0.3) is 5.82 Å². The Morgan fingerprint density at radius 1 is 1.50 bits per heavy atom. The quantitative estimate of drug-likeness (QED) is 0.658. The predicted octanol–water partition coefficient (Wildman–Crippen LogP) is 1.92. The third kappa shape index (κ3) is 2.29. The van der Waals surface area contributed by atoms with Gasteiger partial charge >= 0.3 is 5.69 Å². The molecule has 0 bridgehead atoms. The largest absolute Gasteiger partial charge is 0.370 e. The molecule has 0 aromatic carbocycles. The molecule has 94 valence electrons. The number of anilines is 1. The highest BCUT2D eigenvalue weighted by Crippen LogP contribution is 2.22. The number of aryl methyl sites for hydroxylation is 1. The summed E-state index contributed by atoms with van der Waals surface area (Å²) in [4.78, 5) is 14.7. The summed E-state index contributed by atoms with van der Waals surface area (Å²) in [6.07, 6.45) is 3.33. The van der Waals surface area contributed by atoms with Crippen LogP contribution in [-0.4, -0.2) is 26.2 Å². The van der Waals surface area contributed by atoms with Crippen LogP contribution in [-0.2, 0) is 0 Å². The van der Waals surface area contributed by atoms with Crippen molar-refractivity contribution in [1.29, 1.82) is 0 Å². The number of rotatable bonds is 4. The smallest absolute Gasteiger partial charge is 0.313 e. The second-order valence-electron chi connectivity index (χ2n) is 3.79. The average Bonchev–Trinajstić information content (AvgIpc) is 2.76. The molecule has 0 spiro atoms. The van der Waals surface area contributed by atoms with Crippen LogP contribution in [0, 0.1) is 17.0 Å². The fourth-order valence-corrected chi connectivity index (χ4v) is 1.56. The van der Waals surface area contributed by atoms with Crippen molar-refractivity contribution >= 4 is 11.5 Å². The summed E-state index contributed by atoms with van der Waals surface area (Å²) in [5, 5.41) is 18.0. The van der Waals surface area contributed by atoms with Gasteiger partial charge in [-0.1, -0.05) is 0 Å². The van der Waals surface area contributed by atoms with E-state index in [9.17, 15) is 10.1 Å². The van der Waals surface area contributed by atoms with Crippen LogP contribution in [0.15, 0.2) is 24.5 Å². The Bertz CT molecular complexity index is 579. The zero-order valence-electron chi connectivity index (χ0n) is 10.1. The van der Waals surface area contributed by atoms with E-state index in [1.807, 2.05) is 13.8 Å². The highest BCUT2D eigenvalue weighted by molar-refractivity contribution is 5.52. The summed E-state index contributed by atoms with van der Waals surface area (Å²) in [5.74, 6) is 0.804. The molecule has 0 fully saturated rings. The van der Waals surface area contributed by atoms with Gasteiger partial charge in [-0.15, -0.1) is 0 Å². The van der Waals surface area contributed by atoms with E-state index in [1.165, 1.54) is 10.7 Å². The molecule has 7 heteroatoms. The molecule has 2 rings (SSSR count). The first-order chi connectivity index (χ1) is 8.61. The Labute approximate surface area is 104 Å². The Hall–Kier alpha value is -2.44. The summed E-state index contributed by atoms with van der Waals surface area (Å²) >= 11 is 0. The van der Waals surface area contributed by atoms with Crippen molar-refractivity contribution < 1.29 is 4.92 Å². The summed E-state index contributed by atoms with van der Waals surface area (Å²) in [7, 11) is 0. The van der Waals surface area contributed by atoms with Gasteiger partial charge in [-0.25, -0.2) is 9.67 Å². The molecule has 0 saturated heterocycles. The normalized spacial score (nSPS) is 10.3. The van der Waals surface area contributed by atoms with Crippen molar-refractivity contribution in [2.24, 2.45) is 0 Å². The standard InChI is InChI=1S/C11H13N5O2/c1-3-12-10-5-4-9(16(17)18)11(14-10)15-7-8(2)6-13-15/h4-7H,3H2,1-2H3,(H,12,14). The molecule has 18 heavy (non-hydrogen) atoms.